The van der Waals surface area contributed by atoms with Crippen LogP contribution in [0.5, 0.6) is 0 Å². The first-order valence-electron chi connectivity index (χ1n) is 9.94. The van der Waals surface area contributed by atoms with Gasteiger partial charge in [0.15, 0.2) is 5.96 Å². The summed E-state index contributed by atoms with van der Waals surface area (Å²) in [4.78, 5) is 7.54. The van der Waals surface area contributed by atoms with Crippen LogP contribution in [0.2, 0.25) is 0 Å². The lowest BCUT2D eigenvalue weighted by Crippen LogP contribution is -2.44. The first-order valence-corrected chi connectivity index (χ1v) is 9.94. The molecule has 1 atom stereocenters. The number of guanidine groups is 1. The van der Waals surface area contributed by atoms with Gasteiger partial charge in [-0.1, -0.05) is 26.7 Å². The largest absolute Gasteiger partial charge is 0.357 e. The molecule has 2 N–H and O–H groups in total. The Morgan fingerprint density at radius 2 is 1.88 bits per heavy atom. The van der Waals surface area contributed by atoms with Crippen molar-refractivity contribution in [1.29, 1.82) is 0 Å². The molecule has 26 heavy (non-hydrogen) atoms. The summed E-state index contributed by atoms with van der Waals surface area (Å²) < 4.78 is 1.94. The van der Waals surface area contributed by atoms with Gasteiger partial charge in [-0.05, 0) is 44.8 Å². The van der Waals surface area contributed by atoms with Crippen molar-refractivity contribution in [3.05, 3.63) is 18.5 Å². The van der Waals surface area contributed by atoms with Crippen molar-refractivity contribution in [3.8, 4) is 0 Å². The van der Waals surface area contributed by atoms with Gasteiger partial charge in [0.25, 0.3) is 0 Å². The third-order valence-corrected chi connectivity index (χ3v) is 4.85. The summed E-state index contributed by atoms with van der Waals surface area (Å²) in [6.45, 7) is 12.6. The molecule has 6 nitrogen and oxygen atoms in total. The minimum atomic E-state index is 0. The minimum Gasteiger partial charge on any atom is -0.357 e. The smallest absolute Gasteiger partial charge is 0.191 e. The van der Waals surface area contributed by atoms with E-state index in [-0.39, 0.29) is 24.0 Å². The summed E-state index contributed by atoms with van der Waals surface area (Å²) >= 11 is 0. The fourth-order valence-electron chi connectivity index (χ4n) is 3.42. The van der Waals surface area contributed by atoms with E-state index in [0.717, 1.165) is 32.1 Å². The summed E-state index contributed by atoms with van der Waals surface area (Å²) in [5.74, 6) is 1.53. The summed E-state index contributed by atoms with van der Waals surface area (Å²) in [5, 5.41) is 11.0. The monoisotopic (exact) mass is 476 g/mol. The second-order valence-electron chi connectivity index (χ2n) is 7.18. The van der Waals surface area contributed by atoms with Crippen LogP contribution >= 0.6 is 24.0 Å². The van der Waals surface area contributed by atoms with Crippen LogP contribution in [0.25, 0.3) is 0 Å². The Bertz CT molecular complexity index is 480. The number of hydrogen-bond donors (Lipinski definition) is 2. The maximum atomic E-state index is 4.88. The van der Waals surface area contributed by atoms with Crippen LogP contribution in [0.15, 0.2) is 23.5 Å². The van der Waals surface area contributed by atoms with Crippen LogP contribution in [-0.2, 0) is 6.54 Å². The SMILES string of the molecule is CCNC(=NCC(C(C)C)N1CCCCCC1)NCCn1cccn1.I. The molecule has 2 heterocycles. The van der Waals surface area contributed by atoms with Crippen molar-refractivity contribution in [2.45, 2.75) is 59.0 Å². The first kappa shape index (κ1) is 23.2. The molecule has 1 aromatic rings. The summed E-state index contributed by atoms with van der Waals surface area (Å²) in [7, 11) is 0. The van der Waals surface area contributed by atoms with Gasteiger partial charge in [0.1, 0.15) is 0 Å². The summed E-state index contributed by atoms with van der Waals surface area (Å²) in [5.41, 5.74) is 0. The Morgan fingerprint density at radius 1 is 1.15 bits per heavy atom. The van der Waals surface area contributed by atoms with Gasteiger partial charge in [0.2, 0.25) is 0 Å². The van der Waals surface area contributed by atoms with Crippen molar-refractivity contribution in [3.63, 3.8) is 0 Å². The third kappa shape index (κ3) is 8.24. The normalized spacial score (nSPS) is 17.5. The van der Waals surface area contributed by atoms with Crippen LogP contribution in [0.4, 0.5) is 0 Å². The maximum absolute atomic E-state index is 4.88. The molecule has 1 saturated heterocycles. The Kier molecular flexibility index (Phi) is 11.9. The predicted octanol–water partition coefficient (Wildman–Crippen LogP) is 2.96. The molecule has 1 fully saturated rings. The predicted molar refractivity (Wildman–Crippen MR) is 120 cm³/mol. The topological polar surface area (TPSA) is 57.5 Å². The molecular formula is C19H37IN6. The van der Waals surface area contributed by atoms with Gasteiger partial charge >= 0.3 is 0 Å². The first-order chi connectivity index (χ1) is 12.2. The molecule has 7 heteroatoms. The minimum absolute atomic E-state index is 0. The lowest BCUT2D eigenvalue weighted by Gasteiger charge is -2.32. The molecule has 1 aliphatic heterocycles. The van der Waals surface area contributed by atoms with Crippen molar-refractivity contribution < 1.29 is 0 Å². The van der Waals surface area contributed by atoms with Gasteiger partial charge < -0.3 is 10.6 Å². The van der Waals surface area contributed by atoms with Crippen molar-refractivity contribution in [1.82, 2.24) is 25.3 Å². The van der Waals surface area contributed by atoms with Gasteiger partial charge in [-0.3, -0.25) is 14.6 Å². The number of rotatable bonds is 8. The Morgan fingerprint density at radius 3 is 2.46 bits per heavy atom. The van der Waals surface area contributed by atoms with Crippen LogP contribution in [0.1, 0.15) is 46.5 Å². The lowest BCUT2D eigenvalue weighted by atomic mass is 10.0. The highest BCUT2D eigenvalue weighted by atomic mass is 127. The highest BCUT2D eigenvalue weighted by Crippen LogP contribution is 2.17. The molecule has 2 rings (SSSR count). The van der Waals surface area contributed by atoms with E-state index in [1.807, 2.05) is 23.1 Å². The summed E-state index contributed by atoms with van der Waals surface area (Å²) in [6, 6.07) is 2.48. The number of nitrogens with one attached hydrogen (secondary N) is 2. The molecule has 0 aliphatic carbocycles. The molecule has 0 saturated carbocycles. The van der Waals surface area contributed by atoms with Crippen LogP contribution in [0, 0.1) is 5.92 Å². The quantitative estimate of drug-likeness (QED) is 0.344. The van der Waals surface area contributed by atoms with E-state index in [2.05, 4.69) is 41.4 Å². The van der Waals surface area contributed by atoms with E-state index in [4.69, 9.17) is 4.99 Å². The summed E-state index contributed by atoms with van der Waals surface area (Å²) in [6.07, 6.45) is 9.21. The maximum Gasteiger partial charge on any atom is 0.191 e. The molecule has 0 aromatic carbocycles. The number of halogens is 1. The standard InChI is InChI=1S/C19H36N6.HI/c1-4-20-19(21-11-15-25-14-9-10-23-25)22-16-18(17(2)3)24-12-7-5-6-8-13-24;/h9-10,14,17-18H,4-8,11-13,15-16H2,1-3H3,(H2,20,21,22);1H. The molecule has 0 bridgehead atoms. The molecule has 1 aromatic heterocycles. The van der Waals surface area contributed by atoms with Crippen molar-refractivity contribution in [2.24, 2.45) is 10.9 Å². The zero-order chi connectivity index (χ0) is 17.9. The fourth-order valence-corrected chi connectivity index (χ4v) is 3.42. The average Bonchev–Trinajstić information content (AvgIpc) is 2.96. The number of aliphatic imine (C=N–C) groups is 1. The Hall–Kier alpha value is -0.830. The molecule has 1 aliphatic rings. The molecule has 1 unspecified atom stereocenters. The van der Waals surface area contributed by atoms with E-state index in [1.54, 1.807) is 0 Å². The molecule has 0 spiro atoms. The second-order valence-corrected chi connectivity index (χ2v) is 7.18. The van der Waals surface area contributed by atoms with Crippen LogP contribution in [-0.4, -0.2) is 59.4 Å². The van der Waals surface area contributed by atoms with E-state index in [9.17, 15) is 0 Å². The van der Waals surface area contributed by atoms with Gasteiger partial charge in [-0.15, -0.1) is 24.0 Å². The third-order valence-electron chi connectivity index (χ3n) is 4.85. The Labute approximate surface area is 176 Å². The second kappa shape index (κ2) is 13.4. The van der Waals surface area contributed by atoms with E-state index in [0.29, 0.717) is 12.0 Å². The lowest BCUT2D eigenvalue weighted by molar-refractivity contribution is 0.166. The van der Waals surface area contributed by atoms with Crippen molar-refractivity contribution >= 4 is 29.9 Å². The number of likely N-dealkylation sites (tertiary alicyclic amines) is 1. The molecular weight excluding hydrogens is 439 g/mol. The molecule has 150 valence electrons. The van der Waals surface area contributed by atoms with E-state index >= 15 is 0 Å². The van der Waals surface area contributed by atoms with Crippen molar-refractivity contribution in [2.75, 3.05) is 32.7 Å². The van der Waals surface area contributed by atoms with Gasteiger partial charge in [-0.25, -0.2) is 0 Å². The van der Waals surface area contributed by atoms with Gasteiger partial charge in [0, 0.05) is 31.5 Å². The average molecular weight is 476 g/mol. The number of aromatic nitrogens is 2. The Balaban J connectivity index is 0.00000338. The van der Waals surface area contributed by atoms with Crippen LogP contribution in [0.3, 0.4) is 0 Å². The van der Waals surface area contributed by atoms with E-state index < -0.39 is 0 Å². The van der Waals surface area contributed by atoms with Crippen LogP contribution < -0.4 is 10.6 Å². The fraction of sp³-hybridized carbons (Fsp3) is 0.789. The molecule has 0 amide bonds. The zero-order valence-corrected chi connectivity index (χ0v) is 19.0. The van der Waals surface area contributed by atoms with Gasteiger partial charge in [0.05, 0.1) is 13.1 Å². The van der Waals surface area contributed by atoms with Gasteiger partial charge in [-0.2, -0.15) is 5.10 Å². The highest BCUT2D eigenvalue weighted by Gasteiger charge is 2.22. The highest BCUT2D eigenvalue weighted by molar-refractivity contribution is 14.0. The van der Waals surface area contributed by atoms with E-state index in [1.165, 1.54) is 38.8 Å². The number of hydrogen-bond acceptors (Lipinski definition) is 3. The zero-order valence-electron chi connectivity index (χ0n) is 16.7. The molecule has 0 radical (unpaired) electrons. The number of nitrogens with zero attached hydrogens (tertiary/aromatic N) is 4.